The molecule has 1 aliphatic carbocycles. The molecule has 2 aliphatic rings. The lowest BCUT2D eigenvalue weighted by Gasteiger charge is -2.44. The highest BCUT2D eigenvalue weighted by Gasteiger charge is 2.35. The molecule has 0 amide bonds. The van der Waals surface area contributed by atoms with Crippen LogP contribution < -0.4 is 5.73 Å². The maximum atomic E-state index is 6.33. The van der Waals surface area contributed by atoms with Crippen molar-refractivity contribution in [1.29, 1.82) is 0 Å². The summed E-state index contributed by atoms with van der Waals surface area (Å²) < 4.78 is 5.58. The van der Waals surface area contributed by atoms with Crippen molar-refractivity contribution in [3.05, 3.63) is 0 Å². The van der Waals surface area contributed by atoms with Crippen LogP contribution in [0.25, 0.3) is 0 Å². The van der Waals surface area contributed by atoms with E-state index in [0.29, 0.717) is 23.4 Å². The summed E-state index contributed by atoms with van der Waals surface area (Å²) in [5.41, 5.74) is 6.79. The number of rotatable bonds is 3. The Morgan fingerprint density at radius 1 is 1.33 bits per heavy atom. The van der Waals surface area contributed by atoms with Gasteiger partial charge in [0.25, 0.3) is 0 Å². The summed E-state index contributed by atoms with van der Waals surface area (Å²) in [6.07, 6.45) is 6.21. The number of hydrogen-bond acceptors (Lipinski definition) is 3. The van der Waals surface area contributed by atoms with Crippen LogP contribution in [0.2, 0.25) is 0 Å². The zero-order chi connectivity index (χ0) is 13.2. The molecule has 0 spiro atoms. The van der Waals surface area contributed by atoms with Gasteiger partial charge in [0, 0.05) is 25.2 Å². The van der Waals surface area contributed by atoms with Gasteiger partial charge in [-0.05, 0) is 50.5 Å². The van der Waals surface area contributed by atoms with Gasteiger partial charge in [-0.15, -0.1) is 0 Å². The quantitative estimate of drug-likeness (QED) is 0.839. The zero-order valence-corrected chi connectivity index (χ0v) is 12.3. The first kappa shape index (κ1) is 14.3. The van der Waals surface area contributed by atoms with Crippen molar-refractivity contribution in [2.75, 3.05) is 26.8 Å². The van der Waals surface area contributed by atoms with E-state index in [0.717, 1.165) is 19.8 Å². The molecule has 0 aromatic rings. The van der Waals surface area contributed by atoms with Gasteiger partial charge in [0.15, 0.2) is 0 Å². The molecule has 1 saturated heterocycles. The van der Waals surface area contributed by atoms with E-state index in [1.807, 2.05) is 0 Å². The SMILES string of the molecule is CN(CC1CCCOC1)C1CC(C)(C)CCC1N. The first-order valence-corrected chi connectivity index (χ1v) is 7.51. The molecule has 1 saturated carbocycles. The molecule has 3 atom stereocenters. The topological polar surface area (TPSA) is 38.5 Å². The first-order valence-electron chi connectivity index (χ1n) is 7.51. The van der Waals surface area contributed by atoms with Crippen molar-refractivity contribution in [1.82, 2.24) is 4.90 Å². The van der Waals surface area contributed by atoms with Crippen LogP contribution in [0.3, 0.4) is 0 Å². The Balaban J connectivity index is 1.87. The average Bonchev–Trinajstić information content (AvgIpc) is 2.33. The Labute approximate surface area is 112 Å². The molecule has 0 aromatic carbocycles. The lowest BCUT2D eigenvalue weighted by atomic mass is 9.72. The summed E-state index contributed by atoms with van der Waals surface area (Å²) in [5, 5.41) is 0. The van der Waals surface area contributed by atoms with E-state index in [2.05, 4.69) is 25.8 Å². The van der Waals surface area contributed by atoms with Crippen LogP contribution in [0.4, 0.5) is 0 Å². The standard InChI is InChI=1S/C15H30N2O/c1-15(2)7-6-13(16)14(9-15)17(3)10-12-5-4-8-18-11-12/h12-14H,4-11,16H2,1-3H3. The number of nitrogens with two attached hydrogens (primary N) is 1. The molecular formula is C15H30N2O. The Hall–Kier alpha value is -0.120. The summed E-state index contributed by atoms with van der Waals surface area (Å²) in [7, 11) is 2.25. The van der Waals surface area contributed by atoms with Crippen molar-refractivity contribution in [2.45, 2.75) is 58.0 Å². The summed E-state index contributed by atoms with van der Waals surface area (Å²) >= 11 is 0. The highest BCUT2D eigenvalue weighted by molar-refractivity contribution is 4.92. The molecule has 1 aliphatic heterocycles. The van der Waals surface area contributed by atoms with Gasteiger partial charge in [0.05, 0.1) is 6.61 Å². The van der Waals surface area contributed by atoms with Crippen LogP contribution in [0, 0.1) is 11.3 Å². The number of nitrogens with zero attached hydrogens (tertiary/aromatic N) is 1. The van der Waals surface area contributed by atoms with Crippen LogP contribution in [0.1, 0.15) is 46.0 Å². The summed E-state index contributed by atoms with van der Waals surface area (Å²) in [5.74, 6) is 0.709. The second-order valence-corrected chi connectivity index (χ2v) is 7.16. The fraction of sp³-hybridized carbons (Fsp3) is 1.00. The molecule has 18 heavy (non-hydrogen) atoms. The normalized spacial score (nSPS) is 36.8. The van der Waals surface area contributed by atoms with Crippen LogP contribution in [0.15, 0.2) is 0 Å². The predicted octanol–water partition coefficient (Wildman–Crippen LogP) is 2.25. The molecule has 3 heteroatoms. The highest BCUT2D eigenvalue weighted by atomic mass is 16.5. The molecule has 106 valence electrons. The van der Waals surface area contributed by atoms with Crippen molar-refractivity contribution < 1.29 is 4.74 Å². The van der Waals surface area contributed by atoms with Crippen molar-refractivity contribution in [2.24, 2.45) is 17.1 Å². The largest absolute Gasteiger partial charge is 0.381 e. The highest BCUT2D eigenvalue weighted by Crippen LogP contribution is 2.36. The molecule has 0 aromatic heterocycles. The monoisotopic (exact) mass is 254 g/mol. The third kappa shape index (κ3) is 3.69. The lowest BCUT2D eigenvalue weighted by molar-refractivity contribution is 0.0223. The van der Waals surface area contributed by atoms with Crippen LogP contribution in [-0.4, -0.2) is 43.8 Å². The van der Waals surface area contributed by atoms with Crippen LogP contribution >= 0.6 is 0 Å². The Kier molecular flexibility index (Phi) is 4.68. The number of hydrogen-bond donors (Lipinski definition) is 1. The Morgan fingerprint density at radius 3 is 2.78 bits per heavy atom. The molecule has 2 fully saturated rings. The molecule has 2 rings (SSSR count). The average molecular weight is 254 g/mol. The van der Waals surface area contributed by atoms with Gasteiger partial charge in [-0.2, -0.15) is 0 Å². The van der Waals surface area contributed by atoms with E-state index in [9.17, 15) is 0 Å². The van der Waals surface area contributed by atoms with E-state index in [4.69, 9.17) is 10.5 Å². The minimum absolute atomic E-state index is 0.354. The molecule has 3 nitrogen and oxygen atoms in total. The first-order chi connectivity index (χ1) is 8.48. The lowest BCUT2D eigenvalue weighted by Crippen LogP contribution is -2.53. The van der Waals surface area contributed by atoms with E-state index in [-0.39, 0.29) is 0 Å². The summed E-state index contributed by atoms with van der Waals surface area (Å²) in [6.45, 7) is 7.80. The van der Waals surface area contributed by atoms with Gasteiger partial charge < -0.3 is 15.4 Å². The van der Waals surface area contributed by atoms with Gasteiger partial charge in [0.1, 0.15) is 0 Å². The van der Waals surface area contributed by atoms with E-state index < -0.39 is 0 Å². The fourth-order valence-corrected chi connectivity index (χ4v) is 3.55. The molecule has 2 N–H and O–H groups in total. The number of ether oxygens (including phenoxy) is 1. The Bertz CT molecular complexity index is 261. The molecule has 1 heterocycles. The third-order valence-corrected chi connectivity index (χ3v) is 4.78. The second-order valence-electron chi connectivity index (χ2n) is 7.16. The summed E-state index contributed by atoms with van der Waals surface area (Å²) in [4.78, 5) is 2.50. The molecule has 0 radical (unpaired) electrons. The van der Waals surface area contributed by atoms with Crippen molar-refractivity contribution in [3.8, 4) is 0 Å². The predicted molar refractivity (Wildman–Crippen MR) is 75.6 cm³/mol. The van der Waals surface area contributed by atoms with Gasteiger partial charge in [-0.1, -0.05) is 13.8 Å². The minimum Gasteiger partial charge on any atom is -0.381 e. The molecule has 3 unspecified atom stereocenters. The van der Waals surface area contributed by atoms with Gasteiger partial charge in [-0.25, -0.2) is 0 Å². The molecule has 0 bridgehead atoms. The van der Waals surface area contributed by atoms with Crippen molar-refractivity contribution >= 4 is 0 Å². The van der Waals surface area contributed by atoms with Gasteiger partial charge >= 0.3 is 0 Å². The third-order valence-electron chi connectivity index (χ3n) is 4.78. The minimum atomic E-state index is 0.354. The summed E-state index contributed by atoms with van der Waals surface area (Å²) in [6, 6.07) is 0.906. The van der Waals surface area contributed by atoms with Gasteiger partial charge in [-0.3, -0.25) is 0 Å². The van der Waals surface area contributed by atoms with Gasteiger partial charge in [0.2, 0.25) is 0 Å². The maximum absolute atomic E-state index is 6.33. The smallest absolute Gasteiger partial charge is 0.0506 e. The van der Waals surface area contributed by atoms with E-state index in [1.54, 1.807) is 0 Å². The second kappa shape index (κ2) is 5.89. The fourth-order valence-electron chi connectivity index (χ4n) is 3.55. The zero-order valence-electron chi connectivity index (χ0n) is 12.3. The van der Waals surface area contributed by atoms with E-state index >= 15 is 0 Å². The maximum Gasteiger partial charge on any atom is 0.0506 e. The Morgan fingerprint density at radius 2 is 2.11 bits per heavy atom. The number of likely N-dealkylation sites (N-methyl/N-ethyl adjacent to an activating group) is 1. The van der Waals surface area contributed by atoms with Crippen molar-refractivity contribution in [3.63, 3.8) is 0 Å². The molecular weight excluding hydrogens is 224 g/mol. The van der Waals surface area contributed by atoms with E-state index in [1.165, 1.54) is 32.1 Å². The van der Waals surface area contributed by atoms with Crippen LogP contribution in [0.5, 0.6) is 0 Å². The van der Waals surface area contributed by atoms with Crippen LogP contribution in [-0.2, 0) is 4.74 Å².